The Hall–Kier alpha value is -3.55. The first-order valence-corrected chi connectivity index (χ1v) is 8.02. The van der Waals surface area contributed by atoms with Gasteiger partial charge in [0.15, 0.2) is 11.5 Å². The minimum absolute atomic E-state index is 0.156. The third-order valence-electron chi connectivity index (χ3n) is 3.90. The molecule has 0 fully saturated rings. The average molecular weight is 370 g/mol. The molecule has 0 aliphatic heterocycles. The number of pyridine rings is 1. The van der Waals surface area contributed by atoms with E-state index in [4.69, 9.17) is 18.9 Å². The monoisotopic (exact) mass is 370 g/mol. The van der Waals surface area contributed by atoms with Crippen LogP contribution in [-0.2, 0) is 11.3 Å². The van der Waals surface area contributed by atoms with E-state index in [-0.39, 0.29) is 23.5 Å². The van der Waals surface area contributed by atoms with Gasteiger partial charge in [0.1, 0.15) is 23.6 Å². The topological polar surface area (TPSA) is 88.4 Å². The largest absolute Gasteiger partial charge is 0.496 e. The molecule has 0 radical (unpaired) electrons. The average Bonchev–Trinajstić information content (AvgIpc) is 2.70. The van der Waals surface area contributed by atoms with Crippen molar-refractivity contribution >= 4 is 11.6 Å². The van der Waals surface area contributed by atoms with Crippen molar-refractivity contribution in [3.63, 3.8) is 0 Å². The Morgan fingerprint density at radius 3 is 2.41 bits per heavy atom. The third-order valence-corrected chi connectivity index (χ3v) is 3.90. The van der Waals surface area contributed by atoms with E-state index in [2.05, 4.69) is 4.98 Å². The van der Waals surface area contributed by atoms with E-state index in [0.29, 0.717) is 22.8 Å². The standard InChI is InChI=1S/C19H18N2O6/c1-24-14-10-16(26-3)15(25-2)9-13(14)19(23)27-11-12-8-18(22)21-7-5-4-6-17(21)20-12/h4-10H,11H2,1-3H3. The van der Waals surface area contributed by atoms with Crippen LogP contribution in [0.25, 0.3) is 5.65 Å². The highest BCUT2D eigenvalue weighted by Gasteiger charge is 2.19. The Morgan fingerprint density at radius 1 is 1.00 bits per heavy atom. The van der Waals surface area contributed by atoms with Crippen molar-refractivity contribution < 1.29 is 23.7 Å². The lowest BCUT2D eigenvalue weighted by atomic mass is 10.1. The van der Waals surface area contributed by atoms with Gasteiger partial charge in [-0.1, -0.05) is 6.07 Å². The van der Waals surface area contributed by atoms with Gasteiger partial charge in [0.05, 0.1) is 27.0 Å². The van der Waals surface area contributed by atoms with Crippen LogP contribution < -0.4 is 19.8 Å². The van der Waals surface area contributed by atoms with Crippen molar-refractivity contribution in [1.29, 1.82) is 0 Å². The minimum atomic E-state index is -0.636. The molecule has 0 saturated heterocycles. The van der Waals surface area contributed by atoms with E-state index in [1.54, 1.807) is 24.4 Å². The normalized spacial score (nSPS) is 10.5. The summed E-state index contributed by atoms with van der Waals surface area (Å²) in [5.74, 6) is 0.439. The van der Waals surface area contributed by atoms with Crippen molar-refractivity contribution in [3.8, 4) is 17.2 Å². The van der Waals surface area contributed by atoms with Crippen LogP contribution in [-0.4, -0.2) is 36.7 Å². The first-order valence-electron chi connectivity index (χ1n) is 8.02. The van der Waals surface area contributed by atoms with E-state index in [1.807, 2.05) is 0 Å². The highest BCUT2D eigenvalue weighted by Crippen LogP contribution is 2.35. The maximum atomic E-state index is 12.5. The summed E-state index contributed by atoms with van der Waals surface area (Å²) in [5, 5.41) is 0. The lowest BCUT2D eigenvalue weighted by molar-refractivity contribution is 0.0463. The zero-order valence-electron chi connectivity index (χ0n) is 15.1. The Morgan fingerprint density at radius 2 is 1.70 bits per heavy atom. The molecular weight excluding hydrogens is 352 g/mol. The molecule has 3 aromatic rings. The molecule has 2 heterocycles. The van der Waals surface area contributed by atoms with Crippen molar-refractivity contribution in [1.82, 2.24) is 9.38 Å². The molecule has 2 aromatic heterocycles. The van der Waals surface area contributed by atoms with Crippen molar-refractivity contribution in [2.75, 3.05) is 21.3 Å². The number of carbonyl (C=O) groups is 1. The van der Waals surface area contributed by atoms with Crippen molar-refractivity contribution in [2.24, 2.45) is 0 Å². The minimum Gasteiger partial charge on any atom is -0.496 e. The summed E-state index contributed by atoms with van der Waals surface area (Å²) in [6, 6.07) is 9.54. The van der Waals surface area contributed by atoms with Gasteiger partial charge in [-0.15, -0.1) is 0 Å². The van der Waals surface area contributed by atoms with Crippen LogP contribution in [0.3, 0.4) is 0 Å². The number of rotatable bonds is 6. The van der Waals surface area contributed by atoms with Gasteiger partial charge in [-0.05, 0) is 12.1 Å². The number of hydrogen-bond acceptors (Lipinski definition) is 7. The smallest absolute Gasteiger partial charge is 0.342 e. The van der Waals surface area contributed by atoms with Gasteiger partial charge in [-0.2, -0.15) is 0 Å². The van der Waals surface area contributed by atoms with E-state index in [9.17, 15) is 9.59 Å². The first kappa shape index (κ1) is 18.2. The molecule has 8 heteroatoms. The molecule has 0 aliphatic rings. The van der Waals surface area contributed by atoms with Gasteiger partial charge >= 0.3 is 5.97 Å². The van der Waals surface area contributed by atoms with Crippen LogP contribution in [0.5, 0.6) is 17.2 Å². The highest BCUT2D eigenvalue weighted by atomic mass is 16.5. The predicted molar refractivity (Wildman–Crippen MR) is 96.7 cm³/mol. The maximum Gasteiger partial charge on any atom is 0.342 e. The maximum absolute atomic E-state index is 12.5. The second-order valence-corrected chi connectivity index (χ2v) is 5.50. The van der Waals surface area contributed by atoms with Gasteiger partial charge < -0.3 is 18.9 Å². The van der Waals surface area contributed by atoms with Crippen LogP contribution in [0.2, 0.25) is 0 Å². The molecule has 0 N–H and O–H groups in total. The van der Waals surface area contributed by atoms with E-state index in [1.165, 1.54) is 43.9 Å². The molecule has 8 nitrogen and oxygen atoms in total. The number of fused-ring (bicyclic) bond motifs is 1. The van der Waals surface area contributed by atoms with Crippen LogP contribution >= 0.6 is 0 Å². The number of ether oxygens (including phenoxy) is 4. The van der Waals surface area contributed by atoms with Gasteiger partial charge in [-0.3, -0.25) is 9.20 Å². The van der Waals surface area contributed by atoms with Crippen molar-refractivity contribution in [2.45, 2.75) is 6.61 Å². The van der Waals surface area contributed by atoms with Crippen molar-refractivity contribution in [3.05, 3.63) is 64.2 Å². The SMILES string of the molecule is COc1cc(OC)c(C(=O)OCc2cc(=O)n3ccccc3n2)cc1OC. The van der Waals surface area contributed by atoms with Crippen LogP contribution in [0.15, 0.2) is 47.4 Å². The predicted octanol–water partition coefficient (Wildman–Crippen LogP) is 2.08. The van der Waals surface area contributed by atoms with Crippen LogP contribution in [0.1, 0.15) is 16.1 Å². The summed E-state index contributed by atoms with van der Waals surface area (Å²) in [4.78, 5) is 28.9. The molecule has 0 spiro atoms. The molecule has 0 atom stereocenters. The highest BCUT2D eigenvalue weighted by molar-refractivity contribution is 5.93. The van der Waals surface area contributed by atoms with Crippen LogP contribution in [0, 0.1) is 0 Å². The second kappa shape index (κ2) is 7.77. The quantitative estimate of drug-likeness (QED) is 0.614. The van der Waals surface area contributed by atoms with Gasteiger partial charge in [0.25, 0.3) is 5.56 Å². The fourth-order valence-corrected chi connectivity index (χ4v) is 2.58. The molecule has 3 rings (SSSR count). The molecule has 0 bridgehead atoms. The summed E-state index contributed by atoms with van der Waals surface area (Å²) in [7, 11) is 4.38. The molecule has 27 heavy (non-hydrogen) atoms. The van der Waals surface area contributed by atoms with E-state index < -0.39 is 5.97 Å². The fourth-order valence-electron chi connectivity index (χ4n) is 2.58. The summed E-state index contributed by atoms with van der Waals surface area (Å²) in [6.07, 6.45) is 1.62. The number of nitrogens with zero attached hydrogens (tertiary/aromatic N) is 2. The summed E-state index contributed by atoms with van der Waals surface area (Å²) in [6.45, 7) is -0.156. The summed E-state index contributed by atoms with van der Waals surface area (Å²) in [5.41, 5.74) is 0.738. The zero-order valence-corrected chi connectivity index (χ0v) is 15.1. The first-order chi connectivity index (χ1) is 13.1. The number of hydrogen-bond donors (Lipinski definition) is 0. The Balaban J connectivity index is 1.85. The van der Waals surface area contributed by atoms with Crippen LogP contribution in [0.4, 0.5) is 0 Å². The Labute approximate surface area is 154 Å². The number of carbonyl (C=O) groups excluding carboxylic acids is 1. The number of aromatic nitrogens is 2. The second-order valence-electron chi connectivity index (χ2n) is 5.50. The van der Waals surface area contributed by atoms with E-state index >= 15 is 0 Å². The fraction of sp³-hybridized carbons (Fsp3) is 0.211. The molecular formula is C19H18N2O6. The molecule has 0 unspecified atom stereocenters. The number of methoxy groups -OCH3 is 3. The number of esters is 1. The summed E-state index contributed by atoms with van der Waals surface area (Å²) >= 11 is 0. The lowest BCUT2D eigenvalue weighted by Gasteiger charge is -2.13. The molecule has 1 aromatic carbocycles. The lowest BCUT2D eigenvalue weighted by Crippen LogP contribution is -2.16. The summed E-state index contributed by atoms with van der Waals surface area (Å²) < 4.78 is 22.3. The van der Waals surface area contributed by atoms with Gasteiger partial charge in [0, 0.05) is 24.4 Å². The molecule has 0 aliphatic carbocycles. The molecule has 0 amide bonds. The number of benzene rings is 1. The third kappa shape index (κ3) is 3.69. The Bertz CT molecular complexity index is 1040. The zero-order chi connectivity index (χ0) is 19.4. The van der Waals surface area contributed by atoms with Gasteiger partial charge in [-0.25, -0.2) is 9.78 Å². The molecule has 0 saturated carbocycles. The van der Waals surface area contributed by atoms with E-state index in [0.717, 1.165) is 0 Å². The van der Waals surface area contributed by atoms with Gasteiger partial charge in [0.2, 0.25) is 0 Å². The Kier molecular flexibility index (Phi) is 5.25. The molecule has 140 valence electrons.